The van der Waals surface area contributed by atoms with Crippen LogP contribution in [0.3, 0.4) is 0 Å². The Balaban J connectivity index is 1.68. The van der Waals surface area contributed by atoms with Gasteiger partial charge >= 0.3 is 0 Å². The minimum Gasteiger partial charge on any atom is -0.496 e. The van der Waals surface area contributed by atoms with Crippen LogP contribution in [0.15, 0.2) is 36.4 Å². The molecule has 2 aromatic rings. The minimum absolute atomic E-state index is 0.0988. The van der Waals surface area contributed by atoms with E-state index in [-0.39, 0.29) is 22.8 Å². The number of piperidine rings is 1. The molecule has 0 atom stereocenters. The summed E-state index contributed by atoms with van der Waals surface area (Å²) in [5.41, 5.74) is 1.70. The van der Waals surface area contributed by atoms with Crippen molar-refractivity contribution in [2.24, 2.45) is 5.41 Å². The zero-order chi connectivity index (χ0) is 22.9. The number of carbonyl (C=O) groups is 2. The Hall–Kier alpha value is -2.77. The van der Waals surface area contributed by atoms with Gasteiger partial charge in [0.15, 0.2) is 0 Å². The van der Waals surface area contributed by atoms with E-state index in [4.69, 9.17) is 14.3 Å². The molecule has 0 amide bonds. The van der Waals surface area contributed by atoms with Crippen molar-refractivity contribution in [3.05, 3.63) is 47.8 Å². The molecule has 32 heavy (non-hydrogen) atoms. The summed E-state index contributed by atoms with van der Waals surface area (Å²) in [7, 11) is 4.65. The predicted octanol–water partition coefficient (Wildman–Crippen LogP) is 4.17. The van der Waals surface area contributed by atoms with Crippen molar-refractivity contribution in [2.75, 3.05) is 34.4 Å². The van der Waals surface area contributed by atoms with E-state index in [0.29, 0.717) is 43.0 Å². The van der Waals surface area contributed by atoms with Gasteiger partial charge in [-0.25, -0.2) is 4.39 Å². The highest BCUT2D eigenvalue weighted by molar-refractivity contribution is 6.11. The highest BCUT2D eigenvalue weighted by Crippen LogP contribution is 2.49. The first kappa shape index (κ1) is 22.4. The number of hydrogen-bond donors (Lipinski definition) is 0. The summed E-state index contributed by atoms with van der Waals surface area (Å²) < 4.78 is 24.6. The Morgan fingerprint density at radius 1 is 0.875 bits per heavy atom. The average molecular weight is 441 g/mol. The van der Waals surface area contributed by atoms with Crippen molar-refractivity contribution < 1.29 is 28.3 Å². The van der Waals surface area contributed by atoms with Crippen molar-refractivity contribution in [1.29, 1.82) is 0 Å². The molecule has 1 aliphatic carbocycles. The van der Waals surface area contributed by atoms with E-state index in [0.717, 1.165) is 24.0 Å². The lowest BCUT2D eigenvalue weighted by Gasteiger charge is -2.44. The molecule has 6 nitrogen and oxygen atoms in total. The molecule has 4 rings (SSSR count). The van der Waals surface area contributed by atoms with Crippen LogP contribution in [-0.4, -0.2) is 51.0 Å². The van der Waals surface area contributed by atoms with E-state index < -0.39 is 5.92 Å². The number of rotatable bonds is 5. The van der Waals surface area contributed by atoms with Gasteiger partial charge in [-0.05, 0) is 53.6 Å². The second-order valence-electron chi connectivity index (χ2n) is 8.63. The molecular weight excluding hydrogens is 413 g/mol. The highest BCUT2D eigenvalue weighted by Gasteiger charge is 2.48. The summed E-state index contributed by atoms with van der Waals surface area (Å²) in [5.74, 6) is -0.598. The summed E-state index contributed by atoms with van der Waals surface area (Å²) in [5, 5.41) is 1.87. The number of ketones is 2. The molecule has 0 aromatic heterocycles. The highest BCUT2D eigenvalue weighted by atomic mass is 19.1. The molecule has 2 aromatic carbocycles. The Bertz CT molecular complexity index is 966. The second kappa shape index (κ2) is 9.00. The Kier molecular flexibility index (Phi) is 6.31. The molecule has 0 unspecified atom stereocenters. The van der Waals surface area contributed by atoms with Crippen molar-refractivity contribution in [2.45, 2.75) is 31.6 Å². The summed E-state index contributed by atoms with van der Waals surface area (Å²) >= 11 is 0. The van der Waals surface area contributed by atoms with Crippen LogP contribution in [0.25, 0.3) is 11.1 Å². The van der Waals surface area contributed by atoms with Crippen LogP contribution < -0.4 is 9.47 Å². The first-order valence-corrected chi connectivity index (χ1v) is 10.8. The SMILES string of the molecule is COc1cc(-c2ccc(F)cc2)cc(OC)c1C1C(=O)CC2(CCN(OC)CC2)CC1=O. The van der Waals surface area contributed by atoms with Gasteiger partial charge in [0.2, 0.25) is 0 Å². The molecule has 2 aliphatic rings. The Morgan fingerprint density at radius 3 is 1.88 bits per heavy atom. The van der Waals surface area contributed by atoms with E-state index in [9.17, 15) is 14.0 Å². The lowest BCUT2D eigenvalue weighted by molar-refractivity contribution is -0.166. The number of nitrogens with zero attached hydrogens (tertiary/aromatic N) is 1. The fraction of sp³-hybridized carbons (Fsp3) is 0.440. The summed E-state index contributed by atoms with van der Waals surface area (Å²) in [4.78, 5) is 32.0. The quantitative estimate of drug-likeness (QED) is 0.649. The van der Waals surface area contributed by atoms with Gasteiger partial charge in [-0.2, -0.15) is 5.06 Å². The maximum atomic E-state index is 13.3. The van der Waals surface area contributed by atoms with E-state index in [1.165, 1.54) is 26.4 Å². The third kappa shape index (κ3) is 4.14. The molecule has 1 aliphatic heterocycles. The van der Waals surface area contributed by atoms with Crippen LogP contribution in [0.5, 0.6) is 11.5 Å². The van der Waals surface area contributed by atoms with Gasteiger partial charge in [-0.1, -0.05) is 12.1 Å². The predicted molar refractivity (Wildman–Crippen MR) is 117 cm³/mol. The summed E-state index contributed by atoms with van der Waals surface area (Å²) in [6, 6.07) is 9.63. The molecule has 1 saturated carbocycles. The smallest absolute Gasteiger partial charge is 0.148 e. The van der Waals surface area contributed by atoms with E-state index in [2.05, 4.69) is 0 Å². The fourth-order valence-corrected chi connectivity index (χ4v) is 5.04. The van der Waals surface area contributed by atoms with Crippen LogP contribution in [0.2, 0.25) is 0 Å². The Morgan fingerprint density at radius 2 is 1.41 bits per heavy atom. The first-order valence-electron chi connectivity index (χ1n) is 10.8. The second-order valence-corrected chi connectivity index (χ2v) is 8.63. The molecule has 2 fully saturated rings. The molecule has 7 heteroatoms. The fourth-order valence-electron chi connectivity index (χ4n) is 5.04. The van der Waals surface area contributed by atoms with Gasteiger partial charge in [-0.15, -0.1) is 0 Å². The zero-order valence-corrected chi connectivity index (χ0v) is 18.7. The van der Waals surface area contributed by atoms with Crippen LogP contribution in [-0.2, 0) is 14.4 Å². The lowest BCUT2D eigenvalue weighted by Crippen LogP contribution is -2.46. The van der Waals surface area contributed by atoms with Crippen LogP contribution >= 0.6 is 0 Å². The lowest BCUT2D eigenvalue weighted by atomic mass is 9.63. The molecule has 1 heterocycles. The number of hydroxylamine groups is 2. The minimum atomic E-state index is -0.909. The van der Waals surface area contributed by atoms with Crippen LogP contribution in [0, 0.1) is 11.2 Å². The number of Topliss-reactive ketones (excluding diaryl/α,β-unsaturated/α-hetero) is 2. The Labute approximate surface area is 187 Å². The largest absolute Gasteiger partial charge is 0.496 e. The average Bonchev–Trinajstić information content (AvgIpc) is 2.79. The summed E-state index contributed by atoms with van der Waals surface area (Å²) in [6.45, 7) is 1.42. The number of hydrogen-bond acceptors (Lipinski definition) is 6. The molecule has 170 valence electrons. The number of ether oxygens (including phenoxy) is 2. The van der Waals surface area contributed by atoms with E-state index >= 15 is 0 Å². The number of benzene rings is 2. The maximum Gasteiger partial charge on any atom is 0.148 e. The van der Waals surface area contributed by atoms with Gasteiger partial charge < -0.3 is 14.3 Å². The maximum absolute atomic E-state index is 13.3. The van der Waals surface area contributed by atoms with Crippen LogP contribution in [0.4, 0.5) is 4.39 Å². The van der Waals surface area contributed by atoms with Crippen molar-refractivity contribution in [3.8, 4) is 22.6 Å². The van der Waals surface area contributed by atoms with Crippen LogP contribution in [0.1, 0.15) is 37.2 Å². The normalized spacial score (nSPS) is 19.4. The number of halogens is 1. The molecule has 0 radical (unpaired) electrons. The van der Waals surface area contributed by atoms with Crippen molar-refractivity contribution >= 4 is 11.6 Å². The van der Waals surface area contributed by atoms with Crippen molar-refractivity contribution in [1.82, 2.24) is 5.06 Å². The molecule has 1 saturated heterocycles. The monoisotopic (exact) mass is 441 g/mol. The molecule has 1 spiro atoms. The van der Waals surface area contributed by atoms with E-state index in [1.54, 1.807) is 31.4 Å². The third-order valence-corrected chi connectivity index (χ3v) is 6.79. The first-order chi connectivity index (χ1) is 15.4. The molecular formula is C25H28FNO5. The zero-order valence-electron chi connectivity index (χ0n) is 18.7. The molecule has 0 N–H and O–H groups in total. The topological polar surface area (TPSA) is 65.1 Å². The van der Waals surface area contributed by atoms with Gasteiger partial charge in [-0.3, -0.25) is 9.59 Å². The molecule has 0 bridgehead atoms. The van der Waals surface area contributed by atoms with E-state index in [1.807, 2.05) is 5.06 Å². The van der Waals surface area contributed by atoms with Gasteiger partial charge in [0, 0.05) is 25.9 Å². The number of methoxy groups -OCH3 is 2. The van der Waals surface area contributed by atoms with Gasteiger partial charge in [0.25, 0.3) is 0 Å². The number of carbonyl (C=O) groups excluding carboxylic acids is 2. The third-order valence-electron chi connectivity index (χ3n) is 6.79. The van der Waals surface area contributed by atoms with Gasteiger partial charge in [0.05, 0.1) is 26.9 Å². The summed E-state index contributed by atoms with van der Waals surface area (Å²) in [6.07, 6.45) is 2.21. The van der Waals surface area contributed by atoms with Gasteiger partial charge in [0.1, 0.15) is 34.8 Å². The standard InChI is InChI=1S/C25H28FNO5/c1-30-21-12-17(16-4-6-18(26)7-5-16)13-22(31-2)24(21)23-19(28)14-25(15-20(23)29)8-10-27(32-3)11-9-25/h4-7,12-13,23H,8-11,14-15H2,1-3H3. The van der Waals surface area contributed by atoms with Crippen molar-refractivity contribution in [3.63, 3.8) is 0 Å².